The van der Waals surface area contributed by atoms with E-state index < -0.39 is 28.7 Å². The van der Waals surface area contributed by atoms with Crippen LogP contribution in [0.2, 0.25) is 0 Å². The molecule has 0 aliphatic carbocycles. The lowest BCUT2D eigenvalue weighted by Gasteiger charge is -2.40. The normalized spacial score (nSPS) is 28.2. The number of aryl methyl sites for hydroxylation is 2. The summed E-state index contributed by atoms with van der Waals surface area (Å²) in [5.41, 5.74) is 2.74. The number of esters is 1. The number of amides is 2. The van der Waals surface area contributed by atoms with Gasteiger partial charge in [-0.1, -0.05) is 37.3 Å². The van der Waals surface area contributed by atoms with Gasteiger partial charge in [-0.2, -0.15) is 0 Å². The number of hydrogen-bond acceptors (Lipinski definition) is 6. The Bertz CT molecular complexity index is 1080. The molecule has 1 N–H and O–H groups in total. The molecule has 206 valence electrons. The van der Waals surface area contributed by atoms with Crippen LogP contribution in [-0.2, 0) is 19.1 Å². The van der Waals surface area contributed by atoms with Crippen molar-refractivity contribution in [2.45, 2.75) is 75.0 Å². The number of hydrogen-bond donors (Lipinski definition) is 1. The average molecular weight is 541 g/mol. The first kappa shape index (κ1) is 28.4. The van der Waals surface area contributed by atoms with E-state index in [4.69, 9.17) is 4.74 Å². The van der Waals surface area contributed by atoms with Gasteiger partial charge in [0.15, 0.2) is 0 Å². The van der Waals surface area contributed by atoms with Gasteiger partial charge < -0.3 is 19.6 Å². The Labute approximate surface area is 230 Å². The van der Waals surface area contributed by atoms with Crippen LogP contribution >= 0.6 is 11.8 Å². The Hall–Kier alpha value is -2.58. The summed E-state index contributed by atoms with van der Waals surface area (Å²) >= 11 is 1.62. The fraction of sp³-hybridized carbons (Fsp3) is 0.567. The molecule has 6 atom stereocenters. The predicted octanol–water partition coefficient (Wildman–Crippen LogP) is 4.19. The number of para-hydroxylation sites is 1. The first-order valence-electron chi connectivity index (χ1n) is 13.6. The molecule has 3 fully saturated rings. The summed E-state index contributed by atoms with van der Waals surface area (Å²) in [7, 11) is 0. The topological polar surface area (TPSA) is 87.2 Å². The third kappa shape index (κ3) is 4.60. The van der Waals surface area contributed by atoms with E-state index in [2.05, 4.69) is 13.2 Å². The van der Waals surface area contributed by atoms with Crippen LogP contribution in [0.3, 0.4) is 0 Å². The van der Waals surface area contributed by atoms with Crippen LogP contribution in [0.15, 0.2) is 43.5 Å². The number of allylic oxidation sites excluding steroid dienone is 1. The van der Waals surface area contributed by atoms with Crippen molar-refractivity contribution in [1.82, 2.24) is 4.90 Å². The zero-order chi connectivity index (χ0) is 27.6. The van der Waals surface area contributed by atoms with Crippen molar-refractivity contribution in [3.8, 4) is 0 Å². The molecule has 2 bridgehead atoms. The van der Waals surface area contributed by atoms with Crippen LogP contribution in [0.25, 0.3) is 0 Å². The summed E-state index contributed by atoms with van der Waals surface area (Å²) in [6.07, 6.45) is 6.85. The standard InChI is InChI=1S/C30H40N2O5S/c1-6-9-10-17-37-29(36)23-22-14-15-30(38-22)24(23)27(34)32(21(8-3)18-33)26(30)28(35)31(16-7-2)25-19(4)12-11-13-20(25)5/h6-7,11-13,21-24,26,33H,1-2,8-10,14-18H2,3-5H3/t21-,22-,23+,24-,26?,30?/m0/s1. The molecule has 0 radical (unpaired) electrons. The Morgan fingerprint density at radius 2 is 2.00 bits per heavy atom. The zero-order valence-electron chi connectivity index (χ0n) is 22.7. The Balaban J connectivity index is 1.76. The number of aliphatic hydroxyl groups is 1. The number of anilines is 1. The summed E-state index contributed by atoms with van der Waals surface area (Å²) < 4.78 is 4.90. The van der Waals surface area contributed by atoms with Gasteiger partial charge in [0.05, 0.1) is 35.8 Å². The minimum absolute atomic E-state index is 0.0597. The van der Waals surface area contributed by atoms with E-state index in [1.807, 2.05) is 39.0 Å². The summed E-state index contributed by atoms with van der Waals surface area (Å²) in [5, 5.41) is 10.2. The maximum atomic E-state index is 14.6. The number of likely N-dealkylation sites (tertiary alicyclic amines) is 1. The summed E-state index contributed by atoms with van der Waals surface area (Å²) in [4.78, 5) is 45.5. The molecule has 7 nitrogen and oxygen atoms in total. The van der Waals surface area contributed by atoms with E-state index in [-0.39, 0.29) is 36.2 Å². The van der Waals surface area contributed by atoms with Gasteiger partial charge >= 0.3 is 5.97 Å². The molecule has 1 spiro atoms. The van der Waals surface area contributed by atoms with Crippen LogP contribution < -0.4 is 4.90 Å². The average Bonchev–Trinajstić information content (AvgIpc) is 3.54. The Kier molecular flexibility index (Phi) is 8.72. The summed E-state index contributed by atoms with van der Waals surface area (Å²) in [6.45, 7) is 13.8. The molecular weight excluding hydrogens is 500 g/mol. The molecule has 2 unspecified atom stereocenters. The maximum absolute atomic E-state index is 14.6. The van der Waals surface area contributed by atoms with Gasteiger partial charge in [0.2, 0.25) is 5.91 Å². The van der Waals surface area contributed by atoms with Crippen molar-refractivity contribution in [3.05, 3.63) is 54.6 Å². The van der Waals surface area contributed by atoms with Crippen molar-refractivity contribution < 1.29 is 24.2 Å². The second kappa shape index (κ2) is 11.7. The van der Waals surface area contributed by atoms with Crippen LogP contribution in [0.4, 0.5) is 5.69 Å². The monoisotopic (exact) mass is 540 g/mol. The fourth-order valence-corrected chi connectivity index (χ4v) is 8.93. The number of nitrogens with zero attached hydrogens (tertiary/aromatic N) is 2. The van der Waals surface area contributed by atoms with Crippen LogP contribution in [-0.4, -0.2) is 69.6 Å². The van der Waals surface area contributed by atoms with Gasteiger partial charge in [-0.25, -0.2) is 0 Å². The quantitative estimate of drug-likeness (QED) is 0.243. The summed E-state index contributed by atoms with van der Waals surface area (Å²) in [6, 6.07) is 4.61. The maximum Gasteiger partial charge on any atom is 0.310 e. The highest BCUT2D eigenvalue weighted by Gasteiger charge is 2.74. The number of thioether (sulfide) groups is 1. The molecule has 1 aromatic carbocycles. The van der Waals surface area contributed by atoms with E-state index in [0.29, 0.717) is 25.8 Å². The molecule has 3 saturated heterocycles. The number of unbranched alkanes of at least 4 members (excludes halogenated alkanes) is 1. The largest absolute Gasteiger partial charge is 0.465 e. The van der Waals surface area contributed by atoms with Crippen molar-refractivity contribution >= 4 is 35.2 Å². The van der Waals surface area contributed by atoms with E-state index in [0.717, 1.165) is 29.7 Å². The van der Waals surface area contributed by atoms with Crippen LogP contribution in [0.5, 0.6) is 0 Å². The van der Waals surface area contributed by atoms with E-state index >= 15 is 0 Å². The highest BCUT2D eigenvalue weighted by molar-refractivity contribution is 8.02. The molecule has 0 aromatic heterocycles. The van der Waals surface area contributed by atoms with Crippen molar-refractivity contribution in [2.24, 2.45) is 11.8 Å². The summed E-state index contributed by atoms with van der Waals surface area (Å²) in [5.74, 6) is -1.98. The van der Waals surface area contributed by atoms with Gasteiger partial charge in [-0.3, -0.25) is 14.4 Å². The Morgan fingerprint density at radius 3 is 2.61 bits per heavy atom. The first-order valence-corrected chi connectivity index (χ1v) is 14.5. The number of benzene rings is 1. The molecule has 38 heavy (non-hydrogen) atoms. The third-order valence-electron chi connectivity index (χ3n) is 8.40. The molecule has 4 rings (SSSR count). The van der Waals surface area contributed by atoms with Gasteiger partial charge in [0.1, 0.15) is 6.04 Å². The van der Waals surface area contributed by atoms with Crippen LogP contribution in [0, 0.1) is 25.7 Å². The van der Waals surface area contributed by atoms with Crippen molar-refractivity contribution in [3.63, 3.8) is 0 Å². The number of fused-ring (bicyclic) bond motifs is 1. The number of aliphatic hydroxyl groups excluding tert-OH is 1. The highest BCUT2D eigenvalue weighted by Crippen LogP contribution is 2.67. The van der Waals surface area contributed by atoms with Gasteiger partial charge in [0, 0.05) is 17.5 Å². The predicted molar refractivity (Wildman–Crippen MR) is 151 cm³/mol. The minimum Gasteiger partial charge on any atom is -0.465 e. The minimum atomic E-state index is -0.787. The van der Waals surface area contributed by atoms with Gasteiger partial charge in [0.25, 0.3) is 5.91 Å². The van der Waals surface area contributed by atoms with Gasteiger partial charge in [-0.05, 0) is 57.1 Å². The van der Waals surface area contributed by atoms with Crippen molar-refractivity contribution in [1.29, 1.82) is 0 Å². The molecule has 1 aromatic rings. The molecule has 8 heteroatoms. The molecule has 2 amide bonds. The molecule has 0 saturated carbocycles. The van der Waals surface area contributed by atoms with E-state index in [1.165, 1.54) is 0 Å². The highest BCUT2D eigenvalue weighted by atomic mass is 32.2. The first-order chi connectivity index (χ1) is 18.3. The van der Waals surface area contributed by atoms with E-state index in [9.17, 15) is 19.5 Å². The lowest BCUT2D eigenvalue weighted by molar-refractivity contribution is -0.154. The van der Waals surface area contributed by atoms with Crippen LogP contribution in [0.1, 0.15) is 50.2 Å². The number of carbonyl (C=O) groups is 3. The lowest BCUT2D eigenvalue weighted by atomic mass is 9.71. The Morgan fingerprint density at radius 1 is 1.29 bits per heavy atom. The van der Waals surface area contributed by atoms with E-state index in [1.54, 1.807) is 33.7 Å². The lowest BCUT2D eigenvalue weighted by Crippen LogP contribution is -2.57. The molecular formula is C30H40N2O5S. The third-order valence-corrected chi connectivity index (χ3v) is 10.4. The van der Waals surface area contributed by atoms with Crippen molar-refractivity contribution in [2.75, 3.05) is 24.7 Å². The number of carbonyl (C=O) groups excluding carboxylic acids is 3. The second-order valence-corrected chi connectivity index (χ2v) is 12.2. The molecule has 3 aliphatic rings. The smallest absolute Gasteiger partial charge is 0.310 e. The van der Waals surface area contributed by atoms with Gasteiger partial charge in [-0.15, -0.1) is 24.9 Å². The zero-order valence-corrected chi connectivity index (χ0v) is 23.5. The number of ether oxygens (including phenoxy) is 1. The number of rotatable bonds is 12. The fourth-order valence-electron chi connectivity index (χ4n) is 6.74. The molecule has 3 heterocycles. The second-order valence-electron chi connectivity index (χ2n) is 10.6. The molecule has 3 aliphatic heterocycles. The SMILES string of the molecule is C=CCCCOC(=O)[C@@H]1[C@@H]2CCC3(S2)C(C(=O)N(CC=C)c2c(C)cccc2C)N([C@@H](CC)CO)C(=O)[C@H]13.